The first kappa shape index (κ1) is 16.4. The van der Waals surface area contributed by atoms with Gasteiger partial charge < -0.3 is 10.8 Å². The molecule has 100 valence electrons. The summed E-state index contributed by atoms with van der Waals surface area (Å²) in [6.45, 7) is 9.22. The van der Waals surface area contributed by atoms with Crippen LogP contribution in [0.3, 0.4) is 0 Å². The fourth-order valence-electron chi connectivity index (χ4n) is 1.73. The Morgan fingerprint density at radius 2 is 2.11 bits per heavy atom. The van der Waals surface area contributed by atoms with Crippen LogP contribution in [-0.4, -0.2) is 16.9 Å². The Morgan fingerprint density at radius 1 is 1.50 bits per heavy atom. The molecule has 18 heavy (non-hydrogen) atoms. The summed E-state index contributed by atoms with van der Waals surface area (Å²) in [5.41, 5.74) is 7.74. The molecule has 0 spiro atoms. The maximum atomic E-state index is 10.1. The van der Waals surface area contributed by atoms with Crippen LogP contribution in [0, 0.1) is 5.41 Å². The largest absolute Gasteiger partial charge is 0.402 e. The zero-order chi connectivity index (χ0) is 14.1. The van der Waals surface area contributed by atoms with Crippen LogP contribution < -0.4 is 5.73 Å². The SMILES string of the molecule is C=C/C=C(\C=C/C)C(=N)/C(=C(/C)N)C(O)CCC. The molecule has 3 heteroatoms. The lowest BCUT2D eigenvalue weighted by molar-refractivity contribution is 0.204. The molecule has 0 aliphatic rings. The maximum Gasteiger partial charge on any atom is 0.0827 e. The number of hydrogen-bond donors (Lipinski definition) is 3. The van der Waals surface area contributed by atoms with Crippen LogP contribution in [0.5, 0.6) is 0 Å². The van der Waals surface area contributed by atoms with E-state index in [0.29, 0.717) is 23.3 Å². The molecule has 1 atom stereocenters. The average molecular weight is 248 g/mol. The van der Waals surface area contributed by atoms with E-state index < -0.39 is 6.10 Å². The molecule has 0 saturated heterocycles. The summed E-state index contributed by atoms with van der Waals surface area (Å²) < 4.78 is 0. The van der Waals surface area contributed by atoms with Gasteiger partial charge in [-0.1, -0.05) is 44.2 Å². The van der Waals surface area contributed by atoms with Gasteiger partial charge in [-0.15, -0.1) is 0 Å². The lowest BCUT2D eigenvalue weighted by Gasteiger charge is -2.18. The van der Waals surface area contributed by atoms with Crippen LogP contribution in [-0.2, 0) is 0 Å². The fourth-order valence-corrected chi connectivity index (χ4v) is 1.73. The van der Waals surface area contributed by atoms with Crippen molar-refractivity contribution >= 4 is 5.71 Å². The summed E-state index contributed by atoms with van der Waals surface area (Å²) in [6, 6.07) is 0. The third-order valence-electron chi connectivity index (χ3n) is 2.52. The van der Waals surface area contributed by atoms with Crippen molar-refractivity contribution in [3.63, 3.8) is 0 Å². The van der Waals surface area contributed by atoms with Crippen molar-refractivity contribution in [1.82, 2.24) is 0 Å². The number of nitrogens with two attached hydrogens (primary N) is 1. The van der Waals surface area contributed by atoms with E-state index in [2.05, 4.69) is 6.58 Å². The summed E-state index contributed by atoms with van der Waals surface area (Å²) in [5, 5.41) is 18.3. The van der Waals surface area contributed by atoms with Crippen molar-refractivity contribution < 1.29 is 5.11 Å². The highest BCUT2D eigenvalue weighted by Crippen LogP contribution is 2.18. The number of rotatable bonds is 7. The van der Waals surface area contributed by atoms with E-state index in [9.17, 15) is 5.11 Å². The Labute approximate surface area is 110 Å². The van der Waals surface area contributed by atoms with Gasteiger partial charge in [-0.25, -0.2) is 0 Å². The first-order chi connectivity index (χ1) is 8.49. The molecule has 0 aromatic rings. The number of hydrogen-bond acceptors (Lipinski definition) is 3. The fraction of sp³-hybridized carbons (Fsp3) is 0.400. The normalized spacial score (nSPS) is 15.4. The lowest BCUT2D eigenvalue weighted by Crippen LogP contribution is -2.22. The van der Waals surface area contributed by atoms with Crippen molar-refractivity contribution in [3.8, 4) is 0 Å². The van der Waals surface area contributed by atoms with Gasteiger partial charge in [-0.05, 0) is 25.8 Å². The molecule has 0 aromatic heterocycles. The second-order valence-corrected chi connectivity index (χ2v) is 4.13. The highest BCUT2D eigenvalue weighted by molar-refractivity contribution is 6.13. The van der Waals surface area contributed by atoms with Crippen molar-refractivity contribution in [1.29, 1.82) is 5.41 Å². The van der Waals surface area contributed by atoms with Crippen LogP contribution in [0.4, 0.5) is 0 Å². The topological polar surface area (TPSA) is 70.1 Å². The smallest absolute Gasteiger partial charge is 0.0827 e. The van der Waals surface area contributed by atoms with Gasteiger partial charge in [0.15, 0.2) is 0 Å². The van der Waals surface area contributed by atoms with Crippen LogP contribution in [0.2, 0.25) is 0 Å². The van der Waals surface area contributed by atoms with Gasteiger partial charge in [0.2, 0.25) is 0 Å². The Hall–Kier alpha value is -1.61. The van der Waals surface area contributed by atoms with E-state index in [1.165, 1.54) is 0 Å². The molecule has 4 N–H and O–H groups in total. The van der Waals surface area contributed by atoms with Crippen molar-refractivity contribution in [2.24, 2.45) is 5.73 Å². The van der Waals surface area contributed by atoms with E-state index >= 15 is 0 Å². The molecule has 0 radical (unpaired) electrons. The maximum absolute atomic E-state index is 10.1. The summed E-state index contributed by atoms with van der Waals surface area (Å²) in [4.78, 5) is 0. The second-order valence-electron chi connectivity index (χ2n) is 4.13. The van der Waals surface area contributed by atoms with Gasteiger partial charge in [-0.2, -0.15) is 0 Å². The Balaban J connectivity index is 5.40. The summed E-state index contributed by atoms with van der Waals surface area (Å²) in [6.07, 6.45) is 7.78. The van der Waals surface area contributed by atoms with Gasteiger partial charge in [0.05, 0.1) is 11.8 Å². The molecule has 0 fully saturated rings. The third kappa shape index (κ3) is 4.72. The quantitative estimate of drug-likeness (QED) is 0.478. The van der Waals surface area contributed by atoms with Crippen LogP contribution in [0.15, 0.2) is 47.7 Å². The van der Waals surface area contributed by atoms with Crippen molar-refractivity contribution in [2.45, 2.75) is 39.7 Å². The van der Waals surface area contributed by atoms with Gasteiger partial charge in [0, 0.05) is 11.3 Å². The summed E-state index contributed by atoms with van der Waals surface area (Å²) in [5.74, 6) is 0. The Kier molecular flexibility index (Phi) is 7.72. The van der Waals surface area contributed by atoms with E-state index in [0.717, 1.165) is 6.42 Å². The molecule has 0 bridgehead atoms. The molecule has 0 aliphatic carbocycles. The highest BCUT2D eigenvalue weighted by Gasteiger charge is 2.18. The van der Waals surface area contributed by atoms with Crippen LogP contribution in [0.1, 0.15) is 33.6 Å². The number of aliphatic hydroxyl groups excluding tert-OH is 1. The first-order valence-corrected chi connectivity index (χ1v) is 6.18. The molecule has 0 aliphatic heterocycles. The molecule has 3 nitrogen and oxygen atoms in total. The molecule has 0 amide bonds. The monoisotopic (exact) mass is 248 g/mol. The minimum absolute atomic E-state index is 0.258. The summed E-state index contributed by atoms with van der Waals surface area (Å²) >= 11 is 0. The average Bonchev–Trinajstić information content (AvgIpc) is 2.28. The van der Waals surface area contributed by atoms with Gasteiger partial charge >= 0.3 is 0 Å². The second kappa shape index (κ2) is 8.48. The first-order valence-electron chi connectivity index (χ1n) is 6.18. The number of aliphatic hydroxyl groups is 1. The highest BCUT2D eigenvalue weighted by atomic mass is 16.3. The van der Waals surface area contributed by atoms with Crippen LogP contribution >= 0.6 is 0 Å². The van der Waals surface area contributed by atoms with Crippen molar-refractivity contribution in [3.05, 3.63) is 47.7 Å². The van der Waals surface area contributed by atoms with Gasteiger partial charge in [0.25, 0.3) is 0 Å². The summed E-state index contributed by atoms with van der Waals surface area (Å²) in [7, 11) is 0. The minimum Gasteiger partial charge on any atom is -0.402 e. The molecule has 0 rings (SSSR count). The van der Waals surface area contributed by atoms with E-state index in [1.54, 1.807) is 19.1 Å². The molecular formula is C15H24N2O. The van der Waals surface area contributed by atoms with Gasteiger partial charge in [-0.3, -0.25) is 5.41 Å². The van der Waals surface area contributed by atoms with E-state index in [4.69, 9.17) is 11.1 Å². The van der Waals surface area contributed by atoms with Gasteiger partial charge in [0.1, 0.15) is 0 Å². The Morgan fingerprint density at radius 3 is 2.50 bits per heavy atom. The predicted molar refractivity (Wildman–Crippen MR) is 78.6 cm³/mol. The number of allylic oxidation sites excluding steroid dienone is 6. The predicted octanol–water partition coefficient (Wildman–Crippen LogP) is 3.09. The molecule has 1 unspecified atom stereocenters. The lowest BCUT2D eigenvalue weighted by atomic mass is 9.93. The molecular weight excluding hydrogens is 224 g/mol. The third-order valence-corrected chi connectivity index (χ3v) is 2.52. The standard InChI is InChI=1S/C15H24N2O/c1-5-8-12(9-6-2)15(17)14(11(4)16)13(18)10-7-3/h5-6,8-9,13,17-18H,1,7,10,16H2,2-4H3/b9-6-,12-8+,14-11-,17-15?. The van der Waals surface area contributed by atoms with Crippen molar-refractivity contribution in [2.75, 3.05) is 0 Å². The number of nitrogens with one attached hydrogen (secondary N) is 1. The van der Waals surface area contributed by atoms with E-state index in [1.807, 2.05) is 26.0 Å². The molecule has 0 heterocycles. The van der Waals surface area contributed by atoms with E-state index in [-0.39, 0.29) is 5.71 Å². The zero-order valence-electron chi connectivity index (χ0n) is 11.5. The van der Waals surface area contributed by atoms with Crippen LogP contribution in [0.25, 0.3) is 0 Å². The molecule has 0 saturated carbocycles. The minimum atomic E-state index is -0.689. The zero-order valence-corrected chi connectivity index (χ0v) is 11.5. The molecule has 0 aromatic carbocycles. The Bertz CT molecular complexity index is 385.